The molecule has 3 aromatic rings. The Morgan fingerprint density at radius 3 is 2.50 bits per heavy atom. The van der Waals surface area contributed by atoms with Crippen LogP contribution in [0.15, 0.2) is 89.3 Å². The number of esters is 1. The van der Waals surface area contributed by atoms with Crippen LogP contribution in [0.2, 0.25) is 0 Å². The van der Waals surface area contributed by atoms with E-state index in [1.807, 2.05) is 50.2 Å². The van der Waals surface area contributed by atoms with Crippen LogP contribution in [0.4, 0.5) is 5.69 Å². The Hall–Kier alpha value is -4.16. The van der Waals surface area contributed by atoms with Crippen LogP contribution in [-0.2, 0) is 26.0 Å². The fourth-order valence-corrected chi connectivity index (χ4v) is 6.24. The second kappa shape index (κ2) is 12.3. The smallest absolute Gasteiger partial charge is 0.338 e. The third-order valence-corrected chi connectivity index (χ3v) is 8.48. The number of anilines is 1. The van der Waals surface area contributed by atoms with Crippen molar-refractivity contribution in [3.05, 3.63) is 101 Å². The van der Waals surface area contributed by atoms with Crippen LogP contribution >= 0.6 is 0 Å². The van der Waals surface area contributed by atoms with Crippen molar-refractivity contribution in [2.45, 2.75) is 68.9 Å². The van der Waals surface area contributed by atoms with E-state index in [2.05, 4.69) is 9.71 Å². The lowest BCUT2D eigenvalue weighted by atomic mass is 9.80. The Morgan fingerprint density at radius 2 is 1.88 bits per heavy atom. The Kier molecular flexibility index (Phi) is 8.90. The number of sulfonamides is 1. The molecule has 2 atom stereocenters. The van der Waals surface area contributed by atoms with Gasteiger partial charge in [0.05, 0.1) is 11.1 Å². The number of ether oxygens (including phenoxy) is 1. The van der Waals surface area contributed by atoms with Crippen molar-refractivity contribution in [3.63, 3.8) is 0 Å². The number of aromatic nitrogens is 1. The molecule has 1 unspecified atom stereocenters. The van der Waals surface area contributed by atoms with Gasteiger partial charge in [-0.15, -0.1) is 0 Å². The second-order valence-corrected chi connectivity index (χ2v) is 11.7. The van der Waals surface area contributed by atoms with Crippen molar-refractivity contribution < 1.29 is 23.1 Å². The molecule has 9 heteroatoms. The molecule has 0 amide bonds. The summed E-state index contributed by atoms with van der Waals surface area (Å²) < 4.78 is 34.4. The highest BCUT2D eigenvalue weighted by Gasteiger charge is 2.43. The maximum absolute atomic E-state index is 13.4. The first kappa shape index (κ1) is 28.8. The van der Waals surface area contributed by atoms with E-state index in [0.717, 1.165) is 18.4 Å². The summed E-state index contributed by atoms with van der Waals surface area (Å²) in [5.74, 6) is -0.999. The molecule has 1 aliphatic heterocycles. The van der Waals surface area contributed by atoms with Crippen LogP contribution in [0.3, 0.4) is 0 Å². The van der Waals surface area contributed by atoms with Crippen LogP contribution in [0.25, 0.3) is 0 Å². The summed E-state index contributed by atoms with van der Waals surface area (Å²) in [4.78, 5) is 17.3. The molecule has 0 bridgehead atoms. The average Bonchev–Trinajstić information content (AvgIpc) is 2.94. The van der Waals surface area contributed by atoms with E-state index in [1.54, 1.807) is 24.3 Å². The molecule has 1 aromatic heterocycles. The van der Waals surface area contributed by atoms with Gasteiger partial charge in [-0.25, -0.2) is 9.78 Å². The number of hydrogen-bond acceptors (Lipinski definition) is 7. The fraction of sp³-hybridized carbons (Fsp3) is 0.323. The van der Waals surface area contributed by atoms with Crippen LogP contribution < -0.4 is 4.72 Å². The van der Waals surface area contributed by atoms with Gasteiger partial charge in [0.1, 0.15) is 17.4 Å². The number of rotatable bonds is 11. The molecule has 2 N–H and O–H groups in total. The van der Waals surface area contributed by atoms with Crippen LogP contribution in [0, 0.1) is 11.3 Å². The normalized spacial score (nSPS) is 18.1. The summed E-state index contributed by atoms with van der Waals surface area (Å²) in [7, 11) is -4.01. The van der Waals surface area contributed by atoms with Crippen molar-refractivity contribution in [3.8, 4) is 6.07 Å². The molecule has 40 heavy (non-hydrogen) atoms. The highest BCUT2D eigenvalue weighted by Crippen LogP contribution is 2.42. The zero-order valence-corrected chi connectivity index (χ0v) is 23.4. The van der Waals surface area contributed by atoms with Crippen molar-refractivity contribution in [2.24, 2.45) is 0 Å². The van der Waals surface area contributed by atoms with E-state index < -0.39 is 27.5 Å². The minimum absolute atomic E-state index is 0.0254. The Morgan fingerprint density at radius 1 is 1.10 bits per heavy atom. The third-order valence-electron chi connectivity index (χ3n) is 7.19. The number of benzene rings is 2. The summed E-state index contributed by atoms with van der Waals surface area (Å²) in [6.45, 7) is 3.93. The molecule has 1 aliphatic rings. The zero-order chi connectivity index (χ0) is 28.8. The van der Waals surface area contributed by atoms with Crippen molar-refractivity contribution in [1.82, 2.24) is 4.98 Å². The van der Waals surface area contributed by atoms with E-state index in [-0.39, 0.29) is 34.0 Å². The minimum Gasteiger partial charge on any atom is -0.512 e. The lowest BCUT2D eigenvalue weighted by Crippen LogP contribution is -2.41. The number of nitrogens with zero attached hydrogens (tertiary/aromatic N) is 2. The Balaban J connectivity index is 1.58. The molecular formula is C31H33N3O5S. The third kappa shape index (κ3) is 6.52. The highest BCUT2D eigenvalue weighted by molar-refractivity contribution is 7.92. The van der Waals surface area contributed by atoms with E-state index >= 15 is 0 Å². The molecule has 2 heterocycles. The molecule has 2 aromatic carbocycles. The van der Waals surface area contributed by atoms with Gasteiger partial charge in [0, 0.05) is 24.2 Å². The van der Waals surface area contributed by atoms with Gasteiger partial charge in [0.2, 0.25) is 0 Å². The molecule has 0 spiro atoms. The van der Waals surface area contributed by atoms with E-state index in [4.69, 9.17) is 10.00 Å². The van der Waals surface area contributed by atoms with Crippen molar-refractivity contribution >= 4 is 21.7 Å². The van der Waals surface area contributed by atoms with Crippen LogP contribution in [0.1, 0.15) is 68.6 Å². The molecule has 0 saturated carbocycles. The summed E-state index contributed by atoms with van der Waals surface area (Å²) in [5, 5.41) is 20.0. The van der Waals surface area contributed by atoms with Gasteiger partial charge < -0.3 is 9.84 Å². The first-order chi connectivity index (χ1) is 19.2. The molecule has 0 fully saturated rings. The predicted molar refractivity (Wildman–Crippen MR) is 152 cm³/mol. The van der Waals surface area contributed by atoms with Crippen LogP contribution in [-0.4, -0.2) is 30.1 Å². The first-order valence-electron chi connectivity index (χ1n) is 13.4. The number of nitriles is 1. The molecular weight excluding hydrogens is 526 g/mol. The summed E-state index contributed by atoms with van der Waals surface area (Å²) in [5.41, 5.74) is 1.78. The standard InChI is InChI=1S/C31H33N3O5S/c1-3-16-31(17-15-22-9-6-5-7-10-22)19-27(35)29(30(36)39-31)26(4-2)24-11-8-12-25(18-24)34-40(37,38)28-14-13-23(20-32)21-33-28/h5-14,18,21,26,34-35H,3-4,15-17,19H2,1-2H3/t26?,31-/m1/s1. The minimum atomic E-state index is -4.01. The fourth-order valence-electron chi connectivity index (χ4n) is 5.26. The Bertz CT molecular complexity index is 1530. The Labute approximate surface area is 235 Å². The molecule has 0 radical (unpaired) electrons. The van der Waals surface area contributed by atoms with Crippen molar-refractivity contribution in [2.75, 3.05) is 4.72 Å². The maximum Gasteiger partial charge on any atom is 0.338 e. The number of aliphatic hydroxyl groups is 1. The average molecular weight is 560 g/mol. The number of nitrogens with one attached hydrogen (secondary N) is 1. The predicted octanol–water partition coefficient (Wildman–Crippen LogP) is 6.18. The number of pyridine rings is 1. The number of hydrogen-bond donors (Lipinski definition) is 2. The largest absolute Gasteiger partial charge is 0.512 e. The lowest BCUT2D eigenvalue weighted by molar-refractivity contribution is -0.161. The van der Waals surface area contributed by atoms with Gasteiger partial charge in [-0.2, -0.15) is 13.7 Å². The molecule has 0 saturated heterocycles. The van der Waals surface area contributed by atoms with Crippen molar-refractivity contribution in [1.29, 1.82) is 5.26 Å². The van der Waals surface area contributed by atoms with Gasteiger partial charge in [0.15, 0.2) is 5.03 Å². The number of aliphatic hydroxyl groups excluding tert-OH is 1. The topological polar surface area (TPSA) is 129 Å². The SMILES string of the molecule is CCC[C@@]1(CCc2ccccc2)CC(O)=C(C(CC)c2cccc(NS(=O)(=O)c3ccc(C#N)cn3)c2)C(=O)O1. The highest BCUT2D eigenvalue weighted by atomic mass is 32.2. The number of carbonyl (C=O) groups is 1. The molecule has 208 valence electrons. The zero-order valence-electron chi connectivity index (χ0n) is 22.6. The van der Waals surface area contributed by atoms with E-state index in [1.165, 1.54) is 18.3 Å². The summed E-state index contributed by atoms with van der Waals surface area (Å²) in [6.07, 6.45) is 4.70. The lowest BCUT2D eigenvalue weighted by Gasteiger charge is -2.38. The number of cyclic esters (lactones) is 1. The number of carbonyl (C=O) groups excluding carboxylic acids is 1. The quantitative estimate of drug-likeness (QED) is 0.268. The summed E-state index contributed by atoms with van der Waals surface area (Å²) >= 11 is 0. The van der Waals surface area contributed by atoms with Gasteiger partial charge in [-0.3, -0.25) is 4.72 Å². The van der Waals surface area contributed by atoms with Gasteiger partial charge >= 0.3 is 5.97 Å². The second-order valence-electron chi connectivity index (χ2n) is 10.0. The van der Waals surface area contributed by atoms with Gasteiger partial charge in [0.25, 0.3) is 10.0 Å². The monoisotopic (exact) mass is 559 g/mol. The molecule has 4 rings (SSSR count). The van der Waals surface area contributed by atoms with Gasteiger partial charge in [-0.1, -0.05) is 62.7 Å². The maximum atomic E-state index is 13.4. The summed E-state index contributed by atoms with van der Waals surface area (Å²) in [6, 6.07) is 21.3. The number of aryl methyl sites for hydroxylation is 1. The van der Waals surface area contributed by atoms with Crippen LogP contribution in [0.5, 0.6) is 0 Å². The molecule has 8 nitrogen and oxygen atoms in total. The van der Waals surface area contributed by atoms with E-state index in [9.17, 15) is 18.3 Å². The van der Waals surface area contributed by atoms with E-state index in [0.29, 0.717) is 24.8 Å². The van der Waals surface area contributed by atoms with Gasteiger partial charge in [-0.05, 0) is 61.1 Å². The first-order valence-corrected chi connectivity index (χ1v) is 14.9. The molecule has 0 aliphatic carbocycles.